The minimum absolute atomic E-state index is 0.0303. The number of furan rings is 1. The number of likely N-dealkylation sites (tertiary alicyclic amines) is 1. The van der Waals surface area contributed by atoms with Crippen LogP contribution in [0.15, 0.2) is 41.1 Å². The van der Waals surface area contributed by atoms with Gasteiger partial charge in [0.25, 0.3) is 5.91 Å². The Morgan fingerprint density at radius 3 is 2.85 bits per heavy atom. The summed E-state index contributed by atoms with van der Waals surface area (Å²) in [5.41, 5.74) is 1.91. The van der Waals surface area contributed by atoms with Crippen molar-refractivity contribution in [3.63, 3.8) is 0 Å². The lowest BCUT2D eigenvalue weighted by Crippen LogP contribution is -2.29. The van der Waals surface area contributed by atoms with Crippen molar-refractivity contribution in [1.29, 1.82) is 0 Å². The van der Waals surface area contributed by atoms with Crippen LogP contribution < -0.4 is 0 Å². The van der Waals surface area contributed by atoms with E-state index in [9.17, 15) is 4.79 Å². The van der Waals surface area contributed by atoms with Gasteiger partial charge >= 0.3 is 0 Å². The quantitative estimate of drug-likeness (QED) is 0.721. The number of imidazole rings is 1. The highest BCUT2D eigenvalue weighted by Gasteiger charge is 2.33. The Balaban J connectivity index is 1.49. The number of carbonyl (C=O) groups excluding carboxylic acids is 1. The molecular weight excluding hydrogens is 328 g/mol. The zero-order chi connectivity index (χ0) is 17.5. The first-order chi connectivity index (χ1) is 12.8. The molecule has 134 valence electrons. The van der Waals surface area contributed by atoms with Crippen LogP contribution in [0.25, 0.3) is 11.2 Å². The van der Waals surface area contributed by atoms with Gasteiger partial charge in [0.05, 0.1) is 12.3 Å². The zero-order valence-corrected chi connectivity index (χ0v) is 14.7. The van der Waals surface area contributed by atoms with E-state index in [4.69, 9.17) is 9.40 Å². The first-order valence-corrected chi connectivity index (χ1v) is 9.47. The van der Waals surface area contributed by atoms with Gasteiger partial charge < -0.3 is 13.9 Å². The van der Waals surface area contributed by atoms with Crippen LogP contribution >= 0.6 is 0 Å². The van der Waals surface area contributed by atoms with E-state index < -0.39 is 0 Å². The lowest BCUT2D eigenvalue weighted by atomic mass is 10.1. The number of carbonyl (C=O) groups is 1. The number of nitrogens with zero attached hydrogens (tertiary/aromatic N) is 4. The van der Waals surface area contributed by atoms with Crippen molar-refractivity contribution in [2.75, 3.05) is 13.1 Å². The van der Waals surface area contributed by atoms with E-state index in [2.05, 4.69) is 9.55 Å². The van der Waals surface area contributed by atoms with Gasteiger partial charge in [-0.25, -0.2) is 9.97 Å². The van der Waals surface area contributed by atoms with E-state index in [0.717, 1.165) is 30.0 Å². The molecule has 2 fully saturated rings. The van der Waals surface area contributed by atoms with E-state index in [1.54, 1.807) is 18.4 Å². The lowest BCUT2D eigenvalue weighted by Gasteiger charge is -2.20. The topological polar surface area (TPSA) is 64.2 Å². The molecule has 1 amide bonds. The molecule has 1 saturated carbocycles. The predicted octanol–water partition coefficient (Wildman–Crippen LogP) is 3.77. The Hall–Kier alpha value is -2.63. The third kappa shape index (κ3) is 2.52. The maximum atomic E-state index is 12.6. The second-order valence-corrected chi connectivity index (χ2v) is 7.34. The molecule has 3 aromatic heterocycles. The fourth-order valence-electron chi connectivity index (χ4n) is 4.47. The van der Waals surface area contributed by atoms with E-state index in [-0.39, 0.29) is 11.9 Å². The number of hydrogen-bond donors (Lipinski definition) is 0. The summed E-state index contributed by atoms with van der Waals surface area (Å²) in [4.78, 5) is 24.1. The average Bonchev–Trinajstić information content (AvgIpc) is 3.47. The summed E-state index contributed by atoms with van der Waals surface area (Å²) in [6.07, 6.45) is 9.25. The molecule has 1 aliphatic carbocycles. The Morgan fingerprint density at radius 1 is 1.15 bits per heavy atom. The Morgan fingerprint density at radius 2 is 2.04 bits per heavy atom. The van der Waals surface area contributed by atoms with E-state index in [0.29, 0.717) is 18.2 Å². The van der Waals surface area contributed by atoms with Gasteiger partial charge in [-0.3, -0.25) is 4.79 Å². The van der Waals surface area contributed by atoms with Gasteiger partial charge in [-0.05, 0) is 43.5 Å². The minimum Gasteiger partial charge on any atom is -0.459 e. The monoisotopic (exact) mass is 350 g/mol. The molecule has 26 heavy (non-hydrogen) atoms. The molecule has 1 unspecified atom stereocenters. The minimum atomic E-state index is -0.0303. The van der Waals surface area contributed by atoms with Crippen molar-refractivity contribution < 1.29 is 9.21 Å². The van der Waals surface area contributed by atoms with Crippen LogP contribution in [-0.4, -0.2) is 38.4 Å². The average molecular weight is 350 g/mol. The van der Waals surface area contributed by atoms with Crippen molar-refractivity contribution in [2.45, 2.75) is 44.1 Å². The van der Waals surface area contributed by atoms with Gasteiger partial charge in [0, 0.05) is 25.2 Å². The summed E-state index contributed by atoms with van der Waals surface area (Å²) in [6.45, 7) is 1.42. The molecule has 0 N–H and O–H groups in total. The van der Waals surface area contributed by atoms with Crippen LogP contribution in [0.4, 0.5) is 0 Å². The van der Waals surface area contributed by atoms with Crippen molar-refractivity contribution in [1.82, 2.24) is 19.4 Å². The summed E-state index contributed by atoms with van der Waals surface area (Å²) in [6, 6.07) is 7.70. The van der Waals surface area contributed by atoms with Crippen molar-refractivity contribution in [2.24, 2.45) is 0 Å². The maximum absolute atomic E-state index is 12.6. The van der Waals surface area contributed by atoms with Crippen LogP contribution in [0.1, 0.15) is 60.4 Å². The predicted molar refractivity (Wildman–Crippen MR) is 97.0 cm³/mol. The molecule has 0 bridgehead atoms. The number of amides is 1. The Bertz CT molecular complexity index is 925. The first kappa shape index (κ1) is 15.6. The van der Waals surface area contributed by atoms with Crippen LogP contribution in [-0.2, 0) is 0 Å². The molecule has 6 nitrogen and oxygen atoms in total. The smallest absolute Gasteiger partial charge is 0.289 e. The van der Waals surface area contributed by atoms with Crippen molar-refractivity contribution in [3.05, 3.63) is 48.3 Å². The fraction of sp³-hybridized carbons (Fsp3) is 0.450. The molecule has 1 aliphatic heterocycles. The van der Waals surface area contributed by atoms with Crippen LogP contribution in [0.2, 0.25) is 0 Å². The van der Waals surface area contributed by atoms with Gasteiger partial charge in [-0.2, -0.15) is 0 Å². The van der Waals surface area contributed by atoms with Gasteiger partial charge in [0.1, 0.15) is 11.3 Å². The molecular formula is C20H22N4O2. The van der Waals surface area contributed by atoms with E-state index in [1.165, 1.54) is 25.7 Å². The van der Waals surface area contributed by atoms with Gasteiger partial charge in [-0.15, -0.1) is 0 Å². The third-order valence-electron chi connectivity index (χ3n) is 5.74. The van der Waals surface area contributed by atoms with Gasteiger partial charge in [0.15, 0.2) is 11.4 Å². The Kier molecular flexibility index (Phi) is 3.76. The molecule has 2 aliphatic rings. The molecule has 0 radical (unpaired) electrons. The molecule has 0 aromatic carbocycles. The first-order valence-electron chi connectivity index (χ1n) is 9.47. The molecule has 0 spiro atoms. The summed E-state index contributed by atoms with van der Waals surface area (Å²) in [7, 11) is 0. The summed E-state index contributed by atoms with van der Waals surface area (Å²) in [5.74, 6) is 2.06. The molecule has 6 heteroatoms. The highest BCUT2D eigenvalue weighted by molar-refractivity contribution is 5.91. The number of pyridine rings is 1. The number of hydrogen-bond acceptors (Lipinski definition) is 4. The normalized spacial score (nSPS) is 21.1. The molecule has 5 rings (SSSR count). The zero-order valence-electron chi connectivity index (χ0n) is 14.7. The maximum Gasteiger partial charge on any atom is 0.289 e. The Labute approximate surface area is 151 Å². The number of rotatable bonds is 3. The number of fused-ring (bicyclic) bond motifs is 1. The van der Waals surface area contributed by atoms with Crippen LogP contribution in [0, 0.1) is 0 Å². The highest BCUT2D eigenvalue weighted by Crippen LogP contribution is 2.38. The fourth-order valence-corrected chi connectivity index (χ4v) is 4.47. The van der Waals surface area contributed by atoms with Crippen molar-refractivity contribution in [3.8, 4) is 0 Å². The SMILES string of the molecule is O=C(c1ccco1)N1CCC(n2c(C3CCCC3)nc3cccnc32)C1. The summed E-state index contributed by atoms with van der Waals surface area (Å²) in [5, 5.41) is 0. The van der Waals surface area contributed by atoms with Crippen LogP contribution in [0.5, 0.6) is 0 Å². The second kappa shape index (κ2) is 6.27. The van der Waals surface area contributed by atoms with Gasteiger partial charge in [-0.1, -0.05) is 12.8 Å². The van der Waals surface area contributed by atoms with E-state index in [1.807, 2.05) is 23.2 Å². The second-order valence-electron chi connectivity index (χ2n) is 7.34. The van der Waals surface area contributed by atoms with E-state index >= 15 is 0 Å². The molecule has 4 heterocycles. The van der Waals surface area contributed by atoms with Crippen molar-refractivity contribution >= 4 is 17.1 Å². The highest BCUT2D eigenvalue weighted by atomic mass is 16.3. The summed E-state index contributed by atoms with van der Waals surface area (Å²) < 4.78 is 7.61. The third-order valence-corrected chi connectivity index (χ3v) is 5.74. The lowest BCUT2D eigenvalue weighted by molar-refractivity contribution is 0.0756. The molecule has 3 aromatic rings. The summed E-state index contributed by atoms with van der Waals surface area (Å²) >= 11 is 0. The van der Waals surface area contributed by atoms with Gasteiger partial charge in [0.2, 0.25) is 0 Å². The molecule has 1 atom stereocenters. The largest absolute Gasteiger partial charge is 0.459 e. The number of aromatic nitrogens is 3. The molecule has 1 saturated heterocycles. The van der Waals surface area contributed by atoms with Crippen LogP contribution in [0.3, 0.4) is 0 Å². The standard InChI is InChI=1S/C20H22N4O2/c25-20(17-8-4-12-26-17)23-11-9-15(13-23)24-18(14-5-1-2-6-14)22-16-7-3-10-21-19(16)24/h3-4,7-8,10,12,14-15H,1-2,5-6,9,11,13H2.